The molecule has 0 unspecified atom stereocenters. The molecule has 0 aliphatic heterocycles. The van der Waals surface area contributed by atoms with Gasteiger partial charge < -0.3 is 5.11 Å². The molecule has 0 N–H and O–H groups in total. The summed E-state index contributed by atoms with van der Waals surface area (Å²) < 4.78 is 0. The average Bonchev–Trinajstić information content (AvgIpc) is 1.97. The maximum atomic E-state index is 10.9. The van der Waals surface area contributed by atoms with Gasteiger partial charge in [0, 0.05) is 0 Å². The van der Waals surface area contributed by atoms with E-state index in [9.17, 15) is 5.11 Å². The number of unbranched alkanes of at least 4 members (excludes halogenated alkanes) is 2. The fourth-order valence-corrected chi connectivity index (χ4v) is 0.758. The molecule has 11 heavy (non-hydrogen) atoms. The van der Waals surface area contributed by atoms with Gasteiger partial charge in [0.2, 0.25) is 0 Å². The van der Waals surface area contributed by atoms with Crippen molar-refractivity contribution in [3.05, 3.63) is 11.8 Å². The average molecular weight is 148 g/mol. The zero-order chi connectivity index (χ0) is 7.82. The molecule has 0 spiro atoms. The van der Waals surface area contributed by atoms with Crippen LogP contribution in [0.15, 0.2) is 11.8 Å². The van der Waals surface area contributed by atoms with E-state index in [4.69, 9.17) is 0 Å². The fourth-order valence-electron chi connectivity index (χ4n) is 0.758. The normalized spacial score (nSPS) is 10.9. The Morgan fingerprint density at radius 3 is 2.36 bits per heavy atom. The summed E-state index contributed by atoms with van der Waals surface area (Å²) in [6.45, 7) is 4.19. The quantitative estimate of drug-likeness (QED) is 0.370. The van der Waals surface area contributed by atoms with Crippen LogP contribution in [0.4, 0.5) is 0 Å². The number of hydrogen-bond acceptors (Lipinski definition) is 1. The Balaban J connectivity index is 0. The molecule has 0 heterocycles. The Morgan fingerprint density at radius 2 is 1.91 bits per heavy atom. The Morgan fingerprint density at radius 1 is 1.27 bits per heavy atom. The molecule has 2 heteroatoms. The second-order valence-electron chi connectivity index (χ2n) is 2.56. The van der Waals surface area contributed by atoms with Crippen LogP contribution in [0.2, 0.25) is 0 Å². The first-order valence-electron chi connectivity index (χ1n) is 4.17. The van der Waals surface area contributed by atoms with Crippen LogP contribution in [0.5, 0.6) is 0 Å². The van der Waals surface area contributed by atoms with Gasteiger partial charge in [0.1, 0.15) is 0 Å². The second-order valence-corrected chi connectivity index (χ2v) is 2.56. The minimum atomic E-state index is 0. The van der Waals surface area contributed by atoms with E-state index < -0.39 is 0 Å². The van der Waals surface area contributed by atoms with Crippen LogP contribution >= 0.6 is 0 Å². The molecule has 0 rings (SSSR count). The molecule has 0 radical (unpaired) electrons. The van der Waals surface area contributed by atoms with Crippen molar-refractivity contribution in [2.75, 3.05) is 0 Å². The van der Waals surface area contributed by atoms with Crippen LogP contribution in [0, 0.1) is 0 Å². The number of rotatable bonds is 5. The van der Waals surface area contributed by atoms with Crippen molar-refractivity contribution in [3.63, 3.8) is 0 Å². The summed E-state index contributed by atoms with van der Waals surface area (Å²) >= 11 is 0. The van der Waals surface area contributed by atoms with E-state index in [1.807, 2.05) is 6.08 Å². The zero-order valence-corrected chi connectivity index (χ0v) is 8.02. The minimum absolute atomic E-state index is 0. The third-order valence-electron chi connectivity index (χ3n) is 1.44. The van der Waals surface area contributed by atoms with E-state index in [2.05, 4.69) is 13.8 Å². The van der Waals surface area contributed by atoms with Gasteiger partial charge in [0.15, 0.2) is 0 Å². The van der Waals surface area contributed by atoms with Gasteiger partial charge in [0.05, 0.1) is 0 Å². The molecule has 0 amide bonds. The molecule has 0 saturated heterocycles. The van der Waals surface area contributed by atoms with E-state index in [1.54, 1.807) is 0 Å². The monoisotopic (exact) mass is 148 g/mol. The smallest absolute Gasteiger partial charge is 0.876 e. The van der Waals surface area contributed by atoms with Crippen molar-refractivity contribution in [1.82, 2.24) is 0 Å². The first-order valence-corrected chi connectivity index (χ1v) is 4.17. The molecule has 0 saturated carbocycles. The molecule has 0 bridgehead atoms. The molecule has 0 aromatic heterocycles. The zero-order valence-electron chi connectivity index (χ0n) is 8.02. The van der Waals surface area contributed by atoms with Gasteiger partial charge in [-0.05, 0) is 12.8 Å². The van der Waals surface area contributed by atoms with E-state index >= 15 is 0 Å². The summed E-state index contributed by atoms with van der Waals surface area (Å²) in [5.41, 5.74) is 0. The molecule has 0 atom stereocenters. The molecular formula is C9H17LiO. The van der Waals surface area contributed by atoms with Crippen molar-refractivity contribution in [2.24, 2.45) is 0 Å². The third kappa shape index (κ3) is 10.1. The predicted molar refractivity (Wildman–Crippen MR) is 42.5 cm³/mol. The summed E-state index contributed by atoms with van der Waals surface area (Å²) in [7, 11) is 0. The van der Waals surface area contributed by atoms with Gasteiger partial charge >= 0.3 is 18.9 Å². The van der Waals surface area contributed by atoms with Gasteiger partial charge in [-0.25, -0.2) is 0 Å². The van der Waals surface area contributed by atoms with Crippen LogP contribution in [0.25, 0.3) is 0 Å². The molecule has 0 aromatic rings. The van der Waals surface area contributed by atoms with Gasteiger partial charge in [-0.3, -0.25) is 0 Å². The van der Waals surface area contributed by atoms with Crippen LogP contribution < -0.4 is 24.0 Å². The van der Waals surface area contributed by atoms with E-state index in [0.29, 0.717) is 5.76 Å². The fraction of sp³-hybridized carbons (Fsp3) is 0.778. The van der Waals surface area contributed by atoms with Crippen molar-refractivity contribution in [3.8, 4) is 0 Å². The van der Waals surface area contributed by atoms with Gasteiger partial charge in [-0.2, -0.15) is 0 Å². The Labute approximate surface area is 82.1 Å². The van der Waals surface area contributed by atoms with Crippen molar-refractivity contribution in [2.45, 2.75) is 46.0 Å². The van der Waals surface area contributed by atoms with E-state index in [0.717, 1.165) is 32.1 Å². The Bertz CT molecular complexity index is 99.7. The van der Waals surface area contributed by atoms with Crippen LogP contribution in [-0.4, -0.2) is 0 Å². The van der Waals surface area contributed by atoms with Crippen LogP contribution in [-0.2, 0) is 0 Å². The number of hydrogen-bond donors (Lipinski definition) is 0. The molecular weight excluding hydrogens is 131 g/mol. The van der Waals surface area contributed by atoms with Crippen molar-refractivity contribution >= 4 is 0 Å². The summed E-state index contributed by atoms with van der Waals surface area (Å²) in [6, 6.07) is 0. The van der Waals surface area contributed by atoms with Gasteiger partial charge in [-0.1, -0.05) is 39.2 Å². The molecule has 0 fully saturated rings. The summed E-state index contributed by atoms with van der Waals surface area (Å²) in [5, 5.41) is 10.9. The number of allylic oxidation sites excluding steroid dienone is 2. The van der Waals surface area contributed by atoms with E-state index in [-0.39, 0.29) is 18.9 Å². The first kappa shape index (κ1) is 13.7. The van der Waals surface area contributed by atoms with Gasteiger partial charge in [-0.15, -0.1) is 5.76 Å². The largest absolute Gasteiger partial charge is 1.00 e. The summed E-state index contributed by atoms with van der Waals surface area (Å²) in [5.74, 6) is 0.323. The third-order valence-corrected chi connectivity index (χ3v) is 1.44. The van der Waals surface area contributed by atoms with Crippen LogP contribution in [0.3, 0.4) is 0 Å². The minimum Gasteiger partial charge on any atom is -0.876 e. The summed E-state index contributed by atoms with van der Waals surface area (Å²) in [6.07, 6.45) is 6.75. The van der Waals surface area contributed by atoms with Crippen LogP contribution in [0.1, 0.15) is 46.0 Å². The van der Waals surface area contributed by atoms with E-state index in [1.165, 1.54) is 0 Å². The molecule has 60 valence electrons. The Hall–Kier alpha value is 0.137. The second kappa shape index (κ2) is 10.1. The van der Waals surface area contributed by atoms with Crippen molar-refractivity contribution in [1.29, 1.82) is 0 Å². The first-order chi connectivity index (χ1) is 4.81. The topological polar surface area (TPSA) is 23.1 Å². The SMILES string of the molecule is CCC/C=C(\[O-])CCCC.[Li+]. The maximum absolute atomic E-state index is 10.9. The molecule has 0 aromatic carbocycles. The van der Waals surface area contributed by atoms with Gasteiger partial charge in [0.25, 0.3) is 0 Å². The maximum Gasteiger partial charge on any atom is 1.00 e. The Kier molecular flexibility index (Phi) is 12.6. The standard InChI is InChI=1S/C9H18O.Li/c1-3-5-7-9(10)8-6-4-2;/h7,10H,3-6,8H2,1-2H3;/q;+1/p-1/b9-7-;. The molecule has 1 nitrogen and oxygen atoms in total. The molecule has 0 aliphatic rings. The van der Waals surface area contributed by atoms with Crippen molar-refractivity contribution < 1.29 is 24.0 Å². The molecule has 0 aliphatic carbocycles. The predicted octanol–water partition coefficient (Wildman–Crippen LogP) is -0.775. The summed E-state index contributed by atoms with van der Waals surface area (Å²) in [4.78, 5) is 0.